The number of thiazole rings is 1. The van der Waals surface area contributed by atoms with E-state index in [1.54, 1.807) is 11.3 Å². The largest absolute Gasteiger partial charge is 0.361 e. The number of hydrogen-bond donors (Lipinski definition) is 1. The molecule has 2 nitrogen and oxygen atoms in total. The van der Waals surface area contributed by atoms with Gasteiger partial charge in [-0.2, -0.15) is 0 Å². The number of rotatable bonds is 3. The molecule has 1 rings (SSSR count). The number of anilines is 1. The summed E-state index contributed by atoms with van der Waals surface area (Å²) in [5.74, 6) is 0. The Hall–Kier alpha value is -0.280. The molecule has 0 aliphatic carbocycles. The van der Waals surface area contributed by atoms with Crippen LogP contribution >= 0.6 is 22.9 Å². The fourth-order valence-corrected chi connectivity index (χ4v) is 1.73. The Labute approximate surface area is 101 Å². The predicted molar refractivity (Wildman–Crippen MR) is 68.8 cm³/mol. The highest BCUT2D eigenvalue weighted by Gasteiger charge is 2.32. The molecule has 0 unspecified atom stereocenters. The third-order valence-electron chi connectivity index (χ3n) is 3.19. The van der Waals surface area contributed by atoms with E-state index >= 15 is 0 Å². The van der Waals surface area contributed by atoms with Crippen LogP contribution in [0, 0.1) is 10.8 Å². The summed E-state index contributed by atoms with van der Waals surface area (Å²) in [5.41, 5.74) is 0.478. The van der Waals surface area contributed by atoms with Crippen molar-refractivity contribution < 1.29 is 0 Å². The van der Waals surface area contributed by atoms with Crippen LogP contribution in [0.3, 0.4) is 0 Å². The van der Waals surface area contributed by atoms with E-state index in [-0.39, 0.29) is 10.8 Å². The van der Waals surface area contributed by atoms with Gasteiger partial charge in [-0.05, 0) is 10.8 Å². The van der Waals surface area contributed by atoms with Crippen molar-refractivity contribution in [1.82, 2.24) is 4.98 Å². The van der Waals surface area contributed by atoms with E-state index in [9.17, 15) is 0 Å². The lowest BCUT2D eigenvalue weighted by Crippen LogP contribution is -2.36. The van der Waals surface area contributed by atoms with Crippen molar-refractivity contribution in [2.45, 2.75) is 34.6 Å². The van der Waals surface area contributed by atoms with Crippen LogP contribution in [0.4, 0.5) is 5.13 Å². The van der Waals surface area contributed by atoms with Gasteiger partial charge in [0.05, 0.1) is 0 Å². The third-order valence-corrected chi connectivity index (χ3v) is 4.31. The van der Waals surface area contributed by atoms with Gasteiger partial charge in [-0.1, -0.05) is 46.2 Å². The first kappa shape index (κ1) is 12.8. The van der Waals surface area contributed by atoms with Crippen LogP contribution in [0.15, 0.2) is 5.38 Å². The van der Waals surface area contributed by atoms with Gasteiger partial charge in [-0.15, -0.1) is 11.3 Å². The molecule has 1 heterocycles. The van der Waals surface area contributed by atoms with E-state index in [2.05, 4.69) is 44.9 Å². The van der Waals surface area contributed by atoms with Gasteiger partial charge in [-0.25, -0.2) is 4.98 Å². The standard InChI is InChI=1S/C11H19ClN2S/c1-10(2,3)11(4,5)7-13-9-14-8(12)6-15-9/h6H,7H2,1-5H3,(H,13,14). The lowest BCUT2D eigenvalue weighted by molar-refractivity contribution is 0.148. The molecule has 0 aromatic carbocycles. The molecule has 0 atom stereocenters. The molecule has 15 heavy (non-hydrogen) atoms. The van der Waals surface area contributed by atoms with Crippen LogP contribution in [0.5, 0.6) is 0 Å². The summed E-state index contributed by atoms with van der Waals surface area (Å²) in [4.78, 5) is 4.17. The topological polar surface area (TPSA) is 24.9 Å². The lowest BCUT2D eigenvalue weighted by atomic mass is 9.69. The Kier molecular flexibility index (Phi) is 3.67. The van der Waals surface area contributed by atoms with Gasteiger partial charge in [-0.3, -0.25) is 0 Å². The molecule has 4 heteroatoms. The van der Waals surface area contributed by atoms with E-state index in [1.165, 1.54) is 0 Å². The summed E-state index contributed by atoms with van der Waals surface area (Å²) >= 11 is 7.31. The van der Waals surface area contributed by atoms with Gasteiger partial charge in [0.2, 0.25) is 0 Å². The van der Waals surface area contributed by atoms with Gasteiger partial charge in [0.25, 0.3) is 0 Å². The molecule has 1 aromatic heterocycles. The molecule has 86 valence electrons. The number of aromatic nitrogens is 1. The maximum absolute atomic E-state index is 5.76. The normalized spacial score (nSPS) is 12.9. The van der Waals surface area contributed by atoms with E-state index in [0.717, 1.165) is 11.7 Å². The molecule has 1 aromatic rings. The molecular weight excluding hydrogens is 228 g/mol. The minimum atomic E-state index is 0.213. The molecule has 0 aliphatic rings. The van der Waals surface area contributed by atoms with Crippen LogP contribution in [-0.4, -0.2) is 11.5 Å². The monoisotopic (exact) mass is 246 g/mol. The highest BCUT2D eigenvalue weighted by atomic mass is 35.5. The number of halogens is 1. The van der Waals surface area contributed by atoms with Crippen molar-refractivity contribution >= 4 is 28.1 Å². The zero-order chi connectivity index (χ0) is 11.7. The Bertz CT molecular complexity index is 326. The fourth-order valence-electron chi connectivity index (χ4n) is 0.897. The molecule has 0 radical (unpaired) electrons. The smallest absolute Gasteiger partial charge is 0.184 e. The van der Waals surface area contributed by atoms with Gasteiger partial charge < -0.3 is 5.32 Å². The first-order chi connectivity index (χ1) is 6.72. The average molecular weight is 247 g/mol. The van der Waals surface area contributed by atoms with Gasteiger partial charge in [0, 0.05) is 11.9 Å². The Balaban J connectivity index is 2.57. The first-order valence-electron chi connectivity index (χ1n) is 5.07. The van der Waals surface area contributed by atoms with E-state index in [1.807, 2.05) is 5.38 Å². The lowest BCUT2D eigenvalue weighted by Gasteiger charge is -2.38. The second-order valence-electron chi connectivity index (χ2n) is 5.46. The predicted octanol–water partition coefficient (Wildman–Crippen LogP) is 4.28. The Morgan fingerprint density at radius 2 is 1.93 bits per heavy atom. The maximum Gasteiger partial charge on any atom is 0.184 e. The van der Waals surface area contributed by atoms with Crippen molar-refractivity contribution in [3.8, 4) is 0 Å². The third kappa shape index (κ3) is 3.35. The summed E-state index contributed by atoms with van der Waals surface area (Å²) in [6.45, 7) is 12.2. The minimum Gasteiger partial charge on any atom is -0.361 e. The zero-order valence-corrected chi connectivity index (χ0v) is 11.6. The SMILES string of the molecule is CC(C)(C)C(C)(C)CNc1nc(Cl)cs1. The zero-order valence-electron chi connectivity index (χ0n) is 10.0. The quantitative estimate of drug-likeness (QED) is 0.861. The maximum atomic E-state index is 5.76. The second kappa shape index (κ2) is 4.30. The summed E-state index contributed by atoms with van der Waals surface area (Å²) in [6, 6.07) is 0. The molecular formula is C11H19ClN2S. The molecule has 0 amide bonds. The molecule has 0 spiro atoms. The number of nitrogens with zero attached hydrogens (tertiary/aromatic N) is 1. The number of hydrogen-bond acceptors (Lipinski definition) is 3. The van der Waals surface area contributed by atoms with Crippen molar-refractivity contribution in [1.29, 1.82) is 0 Å². The Morgan fingerprint density at radius 1 is 1.33 bits per heavy atom. The molecule has 0 aliphatic heterocycles. The van der Waals surface area contributed by atoms with Gasteiger partial charge in [0.15, 0.2) is 5.13 Å². The molecule has 0 bridgehead atoms. The molecule has 0 fully saturated rings. The summed E-state index contributed by atoms with van der Waals surface area (Å²) in [6.07, 6.45) is 0. The van der Waals surface area contributed by atoms with E-state index in [4.69, 9.17) is 11.6 Å². The molecule has 0 saturated carbocycles. The van der Waals surface area contributed by atoms with E-state index in [0.29, 0.717) is 5.15 Å². The van der Waals surface area contributed by atoms with Crippen LogP contribution in [0.1, 0.15) is 34.6 Å². The van der Waals surface area contributed by atoms with Gasteiger partial charge >= 0.3 is 0 Å². The van der Waals surface area contributed by atoms with E-state index < -0.39 is 0 Å². The van der Waals surface area contributed by atoms with Crippen molar-refractivity contribution in [2.24, 2.45) is 10.8 Å². The second-order valence-corrected chi connectivity index (χ2v) is 6.71. The van der Waals surface area contributed by atoms with Gasteiger partial charge in [0.1, 0.15) is 5.15 Å². The Morgan fingerprint density at radius 3 is 2.33 bits per heavy atom. The van der Waals surface area contributed by atoms with Crippen LogP contribution in [0.2, 0.25) is 5.15 Å². The van der Waals surface area contributed by atoms with Crippen molar-refractivity contribution in [2.75, 3.05) is 11.9 Å². The van der Waals surface area contributed by atoms with Crippen LogP contribution in [0.25, 0.3) is 0 Å². The van der Waals surface area contributed by atoms with Crippen molar-refractivity contribution in [3.05, 3.63) is 10.5 Å². The van der Waals surface area contributed by atoms with Crippen LogP contribution < -0.4 is 5.32 Å². The minimum absolute atomic E-state index is 0.213. The summed E-state index contributed by atoms with van der Waals surface area (Å²) in [7, 11) is 0. The average Bonchev–Trinajstić information content (AvgIpc) is 2.46. The molecule has 1 N–H and O–H groups in total. The highest BCUT2D eigenvalue weighted by molar-refractivity contribution is 7.14. The summed E-state index contributed by atoms with van der Waals surface area (Å²) in [5, 5.41) is 6.64. The van der Waals surface area contributed by atoms with Crippen molar-refractivity contribution in [3.63, 3.8) is 0 Å². The number of nitrogens with one attached hydrogen (secondary N) is 1. The first-order valence-corrected chi connectivity index (χ1v) is 6.33. The molecule has 0 saturated heterocycles. The highest BCUT2D eigenvalue weighted by Crippen LogP contribution is 2.38. The summed E-state index contributed by atoms with van der Waals surface area (Å²) < 4.78 is 0. The van der Waals surface area contributed by atoms with Crippen LogP contribution in [-0.2, 0) is 0 Å². The fraction of sp³-hybridized carbons (Fsp3) is 0.727.